The zero-order chi connectivity index (χ0) is 12.5. The third kappa shape index (κ3) is 2.35. The van der Waals surface area contributed by atoms with Crippen LogP contribution in [0.15, 0.2) is 18.2 Å². The fraction of sp³-hybridized carbons (Fsp3) is 0.571. The Labute approximate surface area is 102 Å². The molecule has 1 unspecified atom stereocenters. The number of nitrogens with two attached hydrogens (primary N) is 1. The Morgan fingerprint density at radius 1 is 1.35 bits per heavy atom. The van der Waals surface area contributed by atoms with E-state index in [4.69, 9.17) is 5.84 Å². The summed E-state index contributed by atoms with van der Waals surface area (Å²) in [6.07, 6.45) is 4.88. The highest BCUT2D eigenvalue weighted by atomic mass is 19.1. The SMILES string of the molecule is Cc1cc(C(NN)C2(C)CCCC2)ccc1F. The van der Waals surface area contributed by atoms with Crippen molar-refractivity contribution < 1.29 is 4.39 Å². The number of benzene rings is 1. The minimum atomic E-state index is -0.152. The molecule has 1 fully saturated rings. The van der Waals surface area contributed by atoms with Crippen LogP contribution < -0.4 is 11.3 Å². The summed E-state index contributed by atoms with van der Waals surface area (Å²) in [4.78, 5) is 0. The summed E-state index contributed by atoms with van der Waals surface area (Å²) in [6.45, 7) is 4.06. The van der Waals surface area contributed by atoms with Crippen molar-refractivity contribution in [2.45, 2.75) is 45.6 Å². The van der Waals surface area contributed by atoms with Crippen molar-refractivity contribution in [3.63, 3.8) is 0 Å². The van der Waals surface area contributed by atoms with E-state index in [-0.39, 0.29) is 17.3 Å². The molecule has 17 heavy (non-hydrogen) atoms. The van der Waals surface area contributed by atoms with Crippen LogP contribution in [0.3, 0.4) is 0 Å². The van der Waals surface area contributed by atoms with Crippen LogP contribution >= 0.6 is 0 Å². The van der Waals surface area contributed by atoms with Gasteiger partial charge in [0.15, 0.2) is 0 Å². The third-order valence-corrected chi connectivity index (χ3v) is 4.12. The maximum atomic E-state index is 13.3. The minimum Gasteiger partial charge on any atom is -0.271 e. The van der Waals surface area contributed by atoms with Gasteiger partial charge in [0.05, 0.1) is 6.04 Å². The molecule has 0 amide bonds. The highest BCUT2D eigenvalue weighted by molar-refractivity contribution is 5.28. The van der Waals surface area contributed by atoms with Crippen molar-refractivity contribution in [1.82, 2.24) is 5.43 Å². The van der Waals surface area contributed by atoms with Crippen LogP contribution in [0.25, 0.3) is 0 Å². The average Bonchev–Trinajstić information content (AvgIpc) is 2.72. The van der Waals surface area contributed by atoms with Crippen LogP contribution in [0.1, 0.15) is 49.8 Å². The standard InChI is InChI=1S/C14H21FN2/c1-10-9-11(5-6-12(10)15)13(17-16)14(2)7-3-4-8-14/h5-6,9,13,17H,3-4,7-8,16H2,1-2H3. The Hall–Kier alpha value is -0.930. The molecule has 2 rings (SSSR count). The first-order chi connectivity index (χ1) is 8.07. The van der Waals surface area contributed by atoms with Crippen molar-refractivity contribution in [1.29, 1.82) is 0 Å². The molecule has 1 aliphatic carbocycles. The molecule has 1 saturated carbocycles. The predicted octanol–water partition coefficient (Wildman–Crippen LogP) is 3.22. The summed E-state index contributed by atoms with van der Waals surface area (Å²) in [7, 11) is 0. The van der Waals surface area contributed by atoms with E-state index in [0.29, 0.717) is 5.56 Å². The number of aryl methyl sites for hydroxylation is 1. The van der Waals surface area contributed by atoms with E-state index in [1.807, 2.05) is 12.1 Å². The first-order valence-corrected chi connectivity index (χ1v) is 6.29. The summed E-state index contributed by atoms with van der Waals surface area (Å²) < 4.78 is 13.3. The zero-order valence-corrected chi connectivity index (χ0v) is 10.6. The number of rotatable bonds is 3. The van der Waals surface area contributed by atoms with Crippen LogP contribution in [0.5, 0.6) is 0 Å². The van der Waals surface area contributed by atoms with Crippen LogP contribution in [-0.2, 0) is 0 Å². The van der Waals surface area contributed by atoms with Gasteiger partial charge in [-0.2, -0.15) is 0 Å². The third-order valence-electron chi connectivity index (χ3n) is 4.12. The van der Waals surface area contributed by atoms with Crippen molar-refractivity contribution in [2.24, 2.45) is 11.3 Å². The highest BCUT2D eigenvalue weighted by Crippen LogP contribution is 2.46. The monoisotopic (exact) mass is 236 g/mol. The van der Waals surface area contributed by atoms with E-state index in [0.717, 1.165) is 5.56 Å². The van der Waals surface area contributed by atoms with Gasteiger partial charge in [0, 0.05) is 0 Å². The van der Waals surface area contributed by atoms with Crippen LogP contribution in [0, 0.1) is 18.2 Å². The first kappa shape index (κ1) is 12.5. The van der Waals surface area contributed by atoms with Crippen molar-refractivity contribution >= 4 is 0 Å². The zero-order valence-electron chi connectivity index (χ0n) is 10.6. The lowest BCUT2D eigenvalue weighted by molar-refractivity contribution is 0.225. The van der Waals surface area contributed by atoms with Gasteiger partial charge < -0.3 is 0 Å². The van der Waals surface area contributed by atoms with Crippen LogP contribution in [-0.4, -0.2) is 0 Å². The second kappa shape index (κ2) is 4.75. The van der Waals surface area contributed by atoms with Crippen molar-refractivity contribution in [2.75, 3.05) is 0 Å². The molecule has 1 aromatic rings. The second-order valence-electron chi connectivity index (χ2n) is 5.47. The lowest BCUT2D eigenvalue weighted by Gasteiger charge is -2.34. The number of halogens is 1. The molecule has 3 N–H and O–H groups in total. The maximum absolute atomic E-state index is 13.3. The summed E-state index contributed by atoms with van der Waals surface area (Å²) in [5.41, 5.74) is 4.90. The molecule has 3 heteroatoms. The maximum Gasteiger partial charge on any atom is 0.126 e. The minimum absolute atomic E-state index is 0.115. The Kier molecular flexibility index (Phi) is 3.50. The van der Waals surface area contributed by atoms with E-state index < -0.39 is 0 Å². The molecule has 0 bridgehead atoms. The fourth-order valence-corrected chi connectivity index (χ4v) is 3.02. The smallest absolute Gasteiger partial charge is 0.126 e. The van der Waals surface area contributed by atoms with E-state index in [2.05, 4.69) is 12.3 Å². The molecule has 94 valence electrons. The van der Waals surface area contributed by atoms with Gasteiger partial charge in [-0.3, -0.25) is 11.3 Å². The summed E-state index contributed by atoms with van der Waals surface area (Å²) in [6, 6.07) is 5.40. The second-order valence-corrected chi connectivity index (χ2v) is 5.47. The van der Waals surface area contributed by atoms with Crippen LogP contribution in [0.4, 0.5) is 4.39 Å². The highest BCUT2D eigenvalue weighted by Gasteiger charge is 2.37. The molecular weight excluding hydrogens is 215 g/mol. The van der Waals surface area contributed by atoms with Gasteiger partial charge in [-0.15, -0.1) is 0 Å². The number of hydrazine groups is 1. The summed E-state index contributed by atoms with van der Waals surface area (Å²) in [5, 5.41) is 0. The fourth-order valence-electron chi connectivity index (χ4n) is 3.02. The topological polar surface area (TPSA) is 38.0 Å². The van der Waals surface area contributed by atoms with Gasteiger partial charge in [0.2, 0.25) is 0 Å². The van der Waals surface area contributed by atoms with Gasteiger partial charge in [-0.25, -0.2) is 4.39 Å². The van der Waals surface area contributed by atoms with Crippen molar-refractivity contribution in [3.05, 3.63) is 35.1 Å². The number of nitrogens with one attached hydrogen (secondary N) is 1. The van der Waals surface area contributed by atoms with E-state index in [9.17, 15) is 4.39 Å². The van der Waals surface area contributed by atoms with Gasteiger partial charge in [-0.1, -0.05) is 31.9 Å². The molecule has 1 aliphatic rings. The molecule has 0 aliphatic heterocycles. The first-order valence-electron chi connectivity index (χ1n) is 6.29. The van der Waals surface area contributed by atoms with Gasteiger partial charge in [0.25, 0.3) is 0 Å². The molecule has 1 atom stereocenters. The van der Waals surface area contributed by atoms with Gasteiger partial charge in [-0.05, 0) is 42.4 Å². The van der Waals surface area contributed by atoms with E-state index in [1.54, 1.807) is 6.92 Å². The van der Waals surface area contributed by atoms with E-state index in [1.165, 1.54) is 31.7 Å². The lowest BCUT2D eigenvalue weighted by Crippen LogP contribution is -2.38. The summed E-state index contributed by atoms with van der Waals surface area (Å²) in [5.74, 6) is 5.56. The molecule has 0 heterocycles. The summed E-state index contributed by atoms with van der Waals surface area (Å²) >= 11 is 0. The number of hydrogen-bond acceptors (Lipinski definition) is 2. The van der Waals surface area contributed by atoms with Crippen LogP contribution in [0.2, 0.25) is 0 Å². The molecule has 0 radical (unpaired) electrons. The Balaban J connectivity index is 2.31. The Bertz CT molecular complexity index is 397. The molecule has 1 aromatic carbocycles. The number of hydrogen-bond donors (Lipinski definition) is 2. The molecular formula is C14H21FN2. The van der Waals surface area contributed by atoms with Gasteiger partial charge >= 0.3 is 0 Å². The van der Waals surface area contributed by atoms with E-state index >= 15 is 0 Å². The average molecular weight is 236 g/mol. The lowest BCUT2D eigenvalue weighted by atomic mass is 9.77. The van der Waals surface area contributed by atoms with Crippen molar-refractivity contribution in [3.8, 4) is 0 Å². The molecule has 0 aromatic heterocycles. The molecule has 2 nitrogen and oxygen atoms in total. The van der Waals surface area contributed by atoms with Gasteiger partial charge in [0.1, 0.15) is 5.82 Å². The predicted molar refractivity (Wildman–Crippen MR) is 67.8 cm³/mol. The molecule has 0 spiro atoms. The molecule has 0 saturated heterocycles. The largest absolute Gasteiger partial charge is 0.271 e. The Morgan fingerprint density at radius 3 is 2.53 bits per heavy atom. The Morgan fingerprint density at radius 2 is 2.00 bits per heavy atom. The normalized spacial score (nSPS) is 20.5. The quantitative estimate of drug-likeness (QED) is 0.624.